The highest BCUT2D eigenvalue weighted by molar-refractivity contribution is 5.83. The predicted molar refractivity (Wildman–Crippen MR) is 79.1 cm³/mol. The van der Waals surface area contributed by atoms with E-state index in [9.17, 15) is 4.79 Å². The lowest BCUT2D eigenvalue weighted by molar-refractivity contribution is -0.179. The summed E-state index contributed by atoms with van der Waals surface area (Å²) in [7, 11) is 0. The number of carbonyl (C=O) groups is 1. The smallest absolute Gasteiger partial charge is 0.239 e. The maximum Gasteiger partial charge on any atom is 0.239 e. The fraction of sp³-hybridized carbons (Fsp3) is 0.941. The Morgan fingerprint density at radius 2 is 1.75 bits per heavy atom. The molecule has 0 radical (unpaired) electrons. The summed E-state index contributed by atoms with van der Waals surface area (Å²) in [5.74, 6) is 1.08. The number of hydrogen-bond donors (Lipinski definition) is 1. The molecule has 3 nitrogen and oxygen atoms in total. The first-order valence-corrected chi connectivity index (χ1v) is 8.40. The predicted octanol–water partition coefficient (Wildman–Crippen LogP) is 2.69. The van der Waals surface area contributed by atoms with Crippen LogP contribution in [0.1, 0.15) is 65.2 Å². The van der Waals surface area contributed by atoms with Crippen molar-refractivity contribution in [2.24, 2.45) is 22.5 Å². The summed E-state index contributed by atoms with van der Waals surface area (Å²) in [6.45, 7) is 5.89. The van der Waals surface area contributed by atoms with Gasteiger partial charge in [0.05, 0.1) is 6.04 Å². The summed E-state index contributed by atoms with van der Waals surface area (Å²) in [6, 6.07) is -0.239. The maximum absolute atomic E-state index is 12.7. The van der Waals surface area contributed by atoms with Crippen LogP contribution in [0.2, 0.25) is 0 Å². The van der Waals surface area contributed by atoms with E-state index >= 15 is 0 Å². The molecule has 4 aliphatic carbocycles. The second kappa shape index (κ2) is 3.79. The van der Waals surface area contributed by atoms with Crippen LogP contribution in [0.15, 0.2) is 0 Å². The molecule has 1 heterocycles. The molecule has 1 amide bonds. The van der Waals surface area contributed by atoms with E-state index in [0.717, 1.165) is 25.3 Å². The maximum atomic E-state index is 12.7. The topological polar surface area (TPSA) is 46.3 Å². The summed E-state index contributed by atoms with van der Waals surface area (Å²) in [6.07, 6.45) is 9.81. The Labute approximate surface area is 122 Å². The minimum atomic E-state index is -0.239. The minimum Gasteiger partial charge on any atom is -0.336 e. The third kappa shape index (κ3) is 1.71. The van der Waals surface area contributed by atoms with Gasteiger partial charge in [0.2, 0.25) is 5.91 Å². The lowest BCUT2D eigenvalue weighted by atomic mass is 9.42. The lowest BCUT2D eigenvalue weighted by Gasteiger charge is -2.68. The molecule has 0 aromatic rings. The van der Waals surface area contributed by atoms with Gasteiger partial charge in [-0.2, -0.15) is 0 Å². The quantitative estimate of drug-likeness (QED) is 0.800. The first-order valence-electron chi connectivity index (χ1n) is 8.40. The van der Waals surface area contributed by atoms with E-state index in [1.54, 1.807) is 0 Å². The highest BCUT2D eigenvalue weighted by Crippen LogP contribution is 2.67. The van der Waals surface area contributed by atoms with Crippen molar-refractivity contribution in [3.8, 4) is 0 Å². The molecule has 0 aromatic carbocycles. The van der Waals surface area contributed by atoms with Gasteiger partial charge < -0.3 is 10.6 Å². The minimum absolute atomic E-state index is 0.151. The van der Waals surface area contributed by atoms with Crippen LogP contribution >= 0.6 is 0 Å². The van der Waals surface area contributed by atoms with Crippen molar-refractivity contribution in [1.29, 1.82) is 0 Å². The van der Waals surface area contributed by atoms with Crippen molar-refractivity contribution in [3.63, 3.8) is 0 Å². The van der Waals surface area contributed by atoms with Crippen molar-refractivity contribution in [2.45, 2.75) is 76.8 Å². The van der Waals surface area contributed by atoms with Gasteiger partial charge in [-0.3, -0.25) is 4.79 Å². The molecule has 5 fully saturated rings. The molecule has 3 unspecified atom stereocenters. The van der Waals surface area contributed by atoms with Gasteiger partial charge in [-0.1, -0.05) is 13.8 Å². The fourth-order valence-corrected chi connectivity index (χ4v) is 7.06. The molecule has 20 heavy (non-hydrogen) atoms. The first-order chi connectivity index (χ1) is 9.33. The number of amides is 1. The van der Waals surface area contributed by atoms with E-state index < -0.39 is 0 Å². The number of piperidine rings is 1. The number of carbonyl (C=O) groups excluding carboxylic acids is 1. The number of nitrogens with zero attached hydrogens (tertiary/aromatic N) is 1. The van der Waals surface area contributed by atoms with Gasteiger partial charge in [0.1, 0.15) is 0 Å². The van der Waals surface area contributed by atoms with Crippen LogP contribution in [0.25, 0.3) is 0 Å². The van der Waals surface area contributed by atoms with Gasteiger partial charge >= 0.3 is 0 Å². The SMILES string of the molecule is CC12CC3CC(C)(C1)CC(N1CCCC(N)C1=O)(C3)C2. The van der Waals surface area contributed by atoms with Crippen molar-refractivity contribution in [2.75, 3.05) is 6.54 Å². The molecule has 0 aromatic heterocycles. The third-order valence-electron chi connectivity index (χ3n) is 6.65. The summed E-state index contributed by atoms with van der Waals surface area (Å²) in [5.41, 5.74) is 7.15. The van der Waals surface area contributed by atoms with Crippen molar-refractivity contribution < 1.29 is 4.79 Å². The standard InChI is InChI=1S/C17H28N2O/c1-15-6-12-7-16(2,9-15)11-17(8-12,10-15)19-5-3-4-13(18)14(19)20/h12-13H,3-11,18H2,1-2H3. The Kier molecular flexibility index (Phi) is 2.49. The molecular formula is C17H28N2O. The third-order valence-corrected chi connectivity index (χ3v) is 6.65. The first kappa shape index (κ1) is 13.1. The van der Waals surface area contributed by atoms with Crippen molar-refractivity contribution >= 4 is 5.91 Å². The Balaban J connectivity index is 1.72. The van der Waals surface area contributed by atoms with Gasteiger partial charge in [0.15, 0.2) is 0 Å². The molecule has 1 aliphatic heterocycles. The molecule has 1 saturated heterocycles. The van der Waals surface area contributed by atoms with Crippen LogP contribution < -0.4 is 5.73 Å². The lowest BCUT2D eigenvalue weighted by Crippen LogP contribution is -2.68. The van der Waals surface area contributed by atoms with Crippen molar-refractivity contribution in [3.05, 3.63) is 0 Å². The molecule has 112 valence electrons. The average Bonchev–Trinajstić information content (AvgIpc) is 2.27. The van der Waals surface area contributed by atoms with Crippen LogP contribution in [-0.4, -0.2) is 28.9 Å². The summed E-state index contributed by atoms with van der Waals surface area (Å²) < 4.78 is 0. The molecule has 4 saturated carbocycles. The molecule has 3 heteroatoms. The van der Waals surface area contributed by atoms with Crippen LogP contribution in [0.4, 0.5) is 0 Å². The van der Waals surface area contributed by atoms with Crippen LogP contribution in [0, 0.1) is 16.7 Å². The van der Waals surface area contributed by atoms with E-state index in [2.05, 4.69) is 18.7 Å². The molecule has 3 atom stereocenters. The zero-order chi connectivity index (χ0) is 14.2. The Morgan fingerprint density at radius 3 is 2.35 bits per heavy atom. The zero-order valence-corrected chi connectivity index (χ0v) is 13.0. The zero-order valence-electron chi connectivity index (χ0n) is 13.0. The number of likely N-dealkylation sites (tertiary alicyclic amines) is 1. The summed E-state index contributed by atoms with van der Waals surface area (Å²) >= 11 is 0. The highest BCUT2D eigenvalue weighted by Gasteiger charge is 2.62. The van der Waals surface area contributed by atoms with Gasteiger partial charge in [-0.25, -0.2) is 0 Å². The van der Waals surface area contributed by atoms with Gasteiger partial charge in [-0.15, -0.1) is 0 Å². The van der Waals surface area contributed by atoms with Gasteiger partial charge in [0, 0.05) is 12.1 Å². The van der Waals surface area contributed by atoms with Crippen molar-refractivity contribution in [1.82, 2.24) is 4.90 Å². The molecular weight excluding hydrogens is 248 g/mol. The van der Waals surface area contributed by atoms with E-state index in [0.29, 0.717) is 10.8 Å². The Morgan fingerprint density at radius 1 is 1.10 bits per heavy atom. The average molecular weight is 276 g/mol. The Bertz CT molecular complexity index is 442. The second-order valence-corrected chi connectivity index (χ2v) is 9.09. The summed E-state index contributed by atoms with van der Waals surface area (Å²) in [5, 5.41) is 0. The number of nitrogens with two attached hydrogens (primary N) is 1. The van der Waals surface area contributed by atoms with Crippen LogP contribution in [0.5, 0.6) is 0 Å². The molecule has 0 spiro atoms. The number of hydrogen-bond acceptors (Lipinski definition) is 2. The molecule has 4 bridgehead atoms. The number of rotatable bonds is 1. The monoisotopic (exact) mass is 276 g/mol. The Hall–Kier alpha value is -0.570. The van der Waals surface area contributed by atoms with Crippen LogP contribution in [-0.2, 0) is 4.79 Å². The highest BCUT2D eigenvalue weighted by atomic mass is 16.2. The van der Waals surface area contributed by atoms with E-state index in [1.807, 2.05) is 0 Å². The molecule has 5 aliphatic rings. The summed E-state index contributed by atoms with van der Waals surface area (Å²) in [4.78, 5) is 14.9. The van der Waals surface area contributed by atoms with E-state index in [4.69, 9.17) is 5.73 Å². The molecule has 2 N–H and O–H groups in total. The molecule has 5 rings (SSSR count). The second-order valence-electron chi connectivity index (χ2n) is 9.09. The van der Waals surface area contributed by atoms with Crippen LogP contribution in [0.3, 0.4) is 0 Å². The van der Waals surface area contributed by atoms with Gasteiger partial charge in [-0.05, 0) is 68.1 Å². The largest absolute Gasteiger partial charge is 0.336 e. The normalized spacial score (nSPS) is 54.5. The van der Waals surface area contributed by atoms with E-state index in [-0.39, 0.29) is 17.5 Å². The van der Waals surface area contributed by atoms with E-state index in [1.165, 1.54) is 38.5 Å². The van der Waals surface area contributed by atoms with Gasteiger partial charge in [0.25, 0.3) is 0 Å². The fourth-order valence-electron chi connectivity index (χ4n) is 7.06.